The van der Waals surface area contributed by atoms with E-state index >= 15 is 0 Å². The number of carbonyl (C=O) groups is 1. The van der Waals surface area contributed by atoms with E-state index in [9.17, 15) is 4.79 Å². The van der Waals surface area contributed by atoms with Gasteiger partial charge in [0.2, 0.25) is 5.91 Å². The van der Waals surface area contributed by atoms with E-state index in [1.54, 1.807) is 0 Å². The van der Waals surface area contributed by atoms with E-state index in [1.807, 2.05) is 4.90 Å². The predicted octanol–water partition coefficient (Wildman–Crippen LogP) is 2.38. The van der Waals surface area contributed by atoms with Crippen molar-refractivity contribution in [3.8, 4) is 0 Å². The molecule has 1 aromatic carbocycles. The molecule has 0 aromatic heterocycles. The molecule has 1 heterocycles. The molecule has 1 amide bonds. The third-order valence-corrected chi connectivity index (χ3v) is 4.17. The van der Waals surface area contributed by atoms with Crippen LogP contribution in [0.4, 0.5) is 0 Å². The molecule has 3 nitrogen and oxygen atoms in total. The Morgan fingerprint density at radius 1 is 1.30 bits per heavy atom. The highest BCUT2D eigenvalue weighted by molar-refractivity contribution is 5.79. The molecule has 1 saturated heterocycles. The molecule has 0 aliphatic carbocycles. The number of rotatable bonds is 6. The minimum Gasteiger partial charge on any atom is -0.342 e. The summed E-state index contributed by atoms with van der Waals surface area (Å²) in [6, 6.07) is 8.51. The molecule has 1 aromatic rings. The highest BCUT2D eigenvalue weighted by Crippen LogP contribution is 2.16. The van der Waals surface area contributed by atoms with Crippen molar-refractivity contribution in [3.05, 3.63) is 35.4 Å². The van der Waals surface area contributed by atoms with Gasteiger partial charge in [0.25, 0.3) is 0 Å². The Hall–Kier alpha value is -1.35. The van der Waals surface area contributed by atoms with Crippen molar-refractivity contribution in [2.45, 2.75) is 39.0 Å². The molecule has 0 radical (unpaired) electrons. The maximum absolute atomic E-state index is 12.2. The van der Waals surface area contributed by atoms with Gasteiger partial charge in [0, 0.05) is 13.1 Å². The van der Waals surface area contributed by atoms with Crippen LogP contribution in [0.2, 0.25) is 0 Å². The lowest BCUT2D eigenvalue weighted by atomic mass is 10.0. The number of benzene rings is 1. The molecular weight excluding hydrogens is 248 g/mol. The van der Waals surface area contributed by atoms with Crippen molar-refractivity contribution in [3.63, 3.8) is 0 Å². The first kappa shape index (κ1) is 15.0. The summed E-state index contributed by atoms with van der Waals surface area (Å²) in [5.41, 5.74) is 8.15. The normalized spacial score (nSPS) is 18.5. The van der Waals surface area contributed by atoms with Crippen LogP contribution in [0.1, 0.15) is 37.3 Å². The molecule has 2 rings (SSSR count). The summed E-state index contributed by atoms with van der Waals surface area (Å²) in [5, 5.41) is 0. The molecule has 1 fully saturated rings. The lowest BCUT2D eigenvalue weighted by molar-refractivity contribution is -0.129. The Bertz CT molecular complexity index is 427. The molecule has 1 unspecified atom stereocenters. The summed E-state index contributed by atoms with van der Waals surface area (Å²) in [7, 11) is 0. The van der Waals surface area contributed by atoms with Crippen LogP contribution >= 0.6 is 0 Å². The molecule has 1 aliphatic heterocycles. The number of unbranched alkanes of at least 4 members (excludes halogenated alkanes) is 1. The Kier molecular flexibility index (Phi) is 5.60. The van der Waals surface area contributed by atoms with Crippen molar-refractivity contribution in [1.82, 2.24) is 4.90 Å². The van der Waals surface area contributed by atoms with Gasteiger partial charge < -0.3 is 10.6 Å². The van der Waals surface area contributed by atoms with Crippen molar-refractivity contribution >= 4 is 5.91 Å². The maximum atomic E-state index is 12.2. The molecule has 20 heavy (non-hydrogen) atoms. The zero-order valence-electron chi connectivity index (χ0n) is 12.5. The number of nitrogens with zero attached hydrogens (tertiary/aromatic N) is 1. The summed E-state index contributed by atoms with van der Waals surface area (Å²) in [6.07, 6.45) is 5.16. The van der Waals surface area contributed by atoms with Crippen LogP contribution in [-0.4, -0.2) is 30.4 Å². The van der Waals surface area contributed by atoms with Crippen molar-refractivity contribution < 1.29 is 4.79 Å². The molecular formula is C17H26N2O. The van der Waals surface area contributed by atoms with Gasteiger partial charge in [0.1, 0.15) is 0 Å². The summed E-state index contributed by atoms with van der Waals surface area (Å²) < 4.78 is 0. The fourth-order valence-corrected chi connectivity index (χ4v) is 2.74. The van der Waals surface area contributed by atoms with Crippen molar-refractivity contribution in [2.24, 2.45) is 11.7 Å². The van der Waals surface area contributed by atoms with Crippen LogP contribution in [0.5, 0.6) is 0 Å². The average Bonchev–Trinajstić information content (AvgIpc) is 2.95. The van der Waals surface area contributed by atoms with E-state index in [4.69, 9.17) is 5.73 Å². The van der Waals surface area contributed by atoms with Crippen molar-refractivity contribution in [1.29, 1.82) is 0 Å². The highest BCUT2D eigenvalue weighted by Gasteiger charge is 2.24. The number of aryl methyl sites for hydroxylation is 1. The van der Waals surface area contributed by atoms with Crippen LogP contribution in [-0.2, 0) is 17.6 Å². The van der Waals surface area contributed by atoms with Gasteiger partial charge in [0.05, 0.1) is 6.42 Å². The van der Waals surface area contributed by atoms with E-state index in [-0.39, 0.29) is 5.91 Å². The lowest BCUT2D eigenvalue weighted by Gasteiger charge is -2.16. The molecule has 1 atom stereocenters. The minimum atomic E-state index is 0.238. The highest BCUT2D eigenvalue weighted by atomic mass is 16.2. The molecule has 0 spiro atoms. The second-order valence-corrected chi connectivity index (χ2v) is 5.83. The second kappa shape index (κ2) is 7.44. The molecule has 0 bridgehead atoms. The molecule has 0 saturated carbocycles. The van der Waals surface area contributed by atoms with Gasteiger partial charge in [-0.05, 0) is 42.9 Å². The molecule has 1 aliphatic rings. The van der Waals surface area contributed by atoms with Crippen LogP contribution in [0, 0.1) is 5.92 Å². The van der Waals surface area contributed by atoms with Gasteiger partial charge in [0.15, 0.2) is 0 Å². The third-order valence-electron chi connectivity index (χ3n) is 4.17. The van der Waals surface area contributed by atoms with Gasteiger partial charge in [-0.25, -0.2) is 0 Å². The lowest BCUT2D eigenvalue weighted by Crippen LogP contribution is -2.31. The summed E-state index contributed by atoms with van der Waals surface area (Å²) in [6.45, 7) is 4.60. The van der Waals surface area contributed by atoms with Crippen LogP contribution in [0.25, 0.3) is 0 Å². The van der Waals surface area contributed by atoms with Gasteiger partial charge in [-0.1, -0.05) is 37.6 Å². The van der Waals surface area contributed by atoms with Gasteiger partial charge in [-0.15, -0.1) is 0 Å². The van der Waals surface area contributed by atoms with Gasteiger partial charge in [-0.3, -0.25) is 4.79 Å². The Morgan fingerprint density at radius 3 is 2.60 bits per heavy atom. The first-order chi connectivity index (χ1) is 9.72. The Balaban J connectivity index is 1.85. The fourth-order valence-electron chi connectivity index (χ4n) is 2.74. The first-order valence-electron chi connectivity index (χ1n) is 7.78. The van der Waals surface area contributed by atoms with Crippen molar-refractivity contribution in [2.75, 3.05) is 19.6 Å². The number of hydrogen-bond donors (Lipinski definition) is 1. The van der Waals surface area contributed by atoms with E-state index < -0.39 is 0 Å². The van der Waals surface area contributed by atoms with Gasteiger partial charge >= 0.3 is 0 Å². The van der Waals surface area contributed by atoms with Crippen LogP contribution in [0.15, 0.2) is 24.3 Å². The molecule has 3 heteroatoms. The Labute approximate surface area is 122 Å². The minimum absolute atomic E-state index is 0.238. The summed E-state index contributed by atoms with van der Waals surface area (Å²) in [5.74, 6) is 0.734. The first-order valence-corrected chi connectivity index (χ1v) is 7.78. The summed E-state index contributed by atoms with van der Waals surface area (Å²) in [4.78, 5) is 14.2. The largest absolute Gasteiger partial charge is 0.342 e. The maximum Gasteiger partial charge on any atom is 0.226 e. The number of nitrogens with two attached hydrogens (primary N) is 1. The zero-order chi connectivity index (χ0) is 14.4. The van der Waals surface area contributed by atoms with E-state index in [2.05, 4.69) is 31.2 Å². The van der Waals surface area contributed by atoms with E-state index in [1.165, 1.54) is 18.4 Å². The Morgan fingerprint density at radius 2 is 2.00 bits per heavy atom. The monoisotopic (exact) mass is 274 g/mol. The SMILES string of the molecule is CCCCc1ccc(CC(=O)N2CCC(CN)C2)cc1. The van der Waals surface area contributed by atoms with Crippen LogP contribution in [0.3, 0.4) is 0 Å². The number of amides is 1. The number of likely N-dealkylation sites (tertiary alicyclic amines) is 1. The summed E-state index contributed by atoms with van der Waals surface area (Å²) >= 11 is 0. The average molecular weight is 274 g/mol. The van der Waals surface area contributed by atoms with Crippen LogP contribution < -0.4 is 5.73 Å². The molecule has 110 valence electrons. The van der Waals surface area contributed by atoms with E-state index in [0.717, 1.165) is 31.5 Å². The topological polar surface area (TPSA) is 46.3 Å². The zero-order valence-corrected chi connectivity index (χ0v) is 12.5. The smallest absolute Gasteiger partial charge is 0.226 e. The number of carbonyl (C=O) groups excluding carboxylic acids is 1. The van der Waals surface area contributed by atoms with E-state index in [0.29, 0.717) is 18.9 Å². The van der Waals surface area contributed by atoms with Gasteiger partial charge in [-0.2, -0.15) is 0 Å². The standard InChI is InChI=1S/C17H26N2O/c1-2-3-4-14-5-7-15(8-6-14)11-17(20)19-10-9-16(12-18)13-19/h5-8,16H,2-4,9-13,18H2,1H3. The third kappa shape index (κ3) is 4.07. The second-order valence-electron chi connectivity index (χ2n) is 5.83. The quantitative estimate of drug-likeness (QED) is 0.865. The fraction of sp³-hybridized carbons (Fsp3) is 0.588. The predicted molar refractivity (Wildman–Crippen MR) is 82.5 cm³/mol. The number of hydrogen-bond acceptors (Lipinski definition) is 2. The molecule has 2 N–H and O–H groups in total.